The Hall–Kier alpha value is -1.60. The van der Waals surface area contributed by atoms with Gasteiger partial charge in [-0.15, -0.1) is 0 Å². The van der Waals surface area contributed by atoms with Gasteiger partial charge in [0.2, 0.25) is 5.69 Å². The van der Waals surface area contributed by atoms with E-state index in [1.54, 1.807) is 4.90 Å². The Morgan fingerprint density at radius 1 is 1.39 bits per heavy atom. The Balaban J connectivity index is 2.36. The van der Waals surface area contributed by atoms with Crippen LogP contribution in [0.15, 0.2) is 39.9 Å². The molecule has 0 atom stereocenters. The fourth-order valence-corrected chi connectivity index (χ4v) is 2.16. The summed E-state index contributed by atoms with van der Waals surface area (Å²) in [5, 5.41) is 15.7. The summed E-state index contributed by atoms with van der Waals surface area (Å²) in [4.78, 5) is 1.75. The van der Waals surface area contributed by atoms with Crippen molar-refractivity contribution in [3.63, 3.8) is 0 Å². The fourth-order valence-electron chi connectivity index (χ4n) is 1.23. The van der Waals surface area contributed by atoms with E-state index in [0.717, 1.165) is 17.4 Å². The van der Waals surface area contributed by atoms with Gasteiger partial charge in [-0.3, -0.25) is 0 Å². The molecule has 0 spiro atoms. The molecule has 5 nitrogen and oxygen atoms in total. The normalized spacial score (nSPS) is 10.3. The van der Waals surface area contributed by atoms with E-state index in [2.05, 4.69) is 9.79 Å². The molecule has 0 radical (unpaired) electrons. The smallest absolute Gasteiger partial charge is 0.304 e. The second-order valence-electron chi connectivity index (χ2n) is 3.68. The fraction of sp³-hybridized carbons (Fsp3) is 0.182. The van der Waals surface area contributed by atoms with Gasteiger partial charge < -0.3 is 14.5 Å². The van der Waals surface area contributed by atoms with Gasteiger partial charge in [0.05, 0.1) is 5.27 Å². The first-order valence-corrected chi connectivity index (χ1v) is 6.35. The molecule has 0 unspecified atom stereocenters. The van der Waals surface area contributed by atoms with E-state index < -0.39 is 5.95 Å². The molecular weight excluding hydrogens is 270 g/mol. The molecule has 0 N–H and O–H groups in total. The van der Waals surface area contributed by atoms with Crippen LogP contribution in [0.25, 0.3) is 5.69 Å². The molecule has 0 aliphatic heterocycles. The maximum absolute atomic E-state index is 11.6. The molecule has 0 aliphatic rings. The van der Waals surface area contributed by atoms with Crippen molar-refractivity contribution in [1.29, 1.82) is 0 Å². The summed E-state index contributed by atoms with van der Waals surface area (Å²) in [6.07, 6.45) is 0. The number of nitrogens with zero attached hydrogens (tertiary/aromatic N) is 3. The maximum atomic E-state index is 11.6. The molecule has 0 saturated carbocycles. The van der Waals surface area contributed by atoms with Crippen LogP contribution in [0.5, 0.6) is 5.95 Å². The van der Waals surface area contributed by atoms with E-state index in [1.807, 2.05) is 44.4 Å². The van der Waals surface area contributed by atoms with Crippen LogP contribution in [0.1, 0.15) is 0 Å². The molecule has 7 heteroatoms. The quantitative estimate of drug-likeness (QED) is 0.464. The van der Waals surface area contributed by atoms with Crippen molar-refractivity contribution in [2.75, 3.05) is 14.1 Å². The van der Waals surface area contributed by atoms with Gasteiger partial charge in [-0.25, -0.2) is 0 Å². The Morgan fingerprint density at radius 3 is 2.67 bits per heavy atom. The van der Waals surface area contributed by atoms with Gasteiger partial charge in [0.25, 0.3) is 0 Å². The first-order chi connectivity index (χ1) is 8.59. The lowest BCUT2D eigenvalue weighted by atomic mass is 10.3. The molecule has 0 bridgehead atoms. The van der Waals surface area contributed by atoms with Crippen LogP contribution in [-0.2, 0) is 0 Å². The molecule has 2 rings (SSSR count). The SMILES string of the molecule is CN(C)C(=S)Sc1c([O-])on[n+]1-c1ccccc1. The highest BCUT2D eigenvalue weighted by Crippen LogP contribution is 2.25. The topological polar surface area (TPSA) is 56.2 Å². The number of hydrogen-bond acceptors (Lipinski definition) is 5. The molecule has 0 aliphatic carbocycles. The summed E-state index contributed by atoms with van der Waals surface area (Å²) in [6, 6.07) is 9.29. The van der Waals surface area contributed by atoms with E-state index in [0.29, 0.717) is 9.35 Å². The van der Waals surface area contributed by atoms with Crippen LogP contribution in [0, 0.1) is 0 Å². The number of thioether (sulfide) groups is 1. The van der Waals surface area contributed by atoms with Crippen LogP contribution in [0.4, 0.5) is 0 Å². The monoisotopic (exact) mass is 281 g/mol. The lowest BCUT2D eigenvalue weighted by molar-refractivity contribution is -0.705. The van der Waals surface area contributed by atoms with E-state index in [9.17, 15) is 5.11 Å². The second kappa shape index (κ2) is 5.36. The summed E-state index contributed by atoms with van der Waals surface area (Å²) in [5.41, 5.74) is 0.757. The molecule has 2 aromatic rings. The van der Waals surface area contributed by atoms with E-state index >= 15 is 0 Å². The summed E-state index contributed by atoms with van der Waals surface area (Å²) in [7, 11) is 3.64. The van der Waals surface area contributed by atoms with Gasteiger partial charge >= 0.3 is 5.03 Å². The molecule has 0 fully saturated rings. The Labute approximate surface area is 114 Å². The van der Waals surface area contributed by atoms with Crippen molar-refractivity contribution < 1.29 is 14.3 Å². The lowest BCUT2D eigenvalue weighted by Gasteiger charge is -2.10. The average Bonchev–Trinajstić information content (AvgIpc) is 2.72. The summed E-state index contributed by atoms with van der Waals surface area (Å²) in [5.74, 6) is -0.493. The van der Waals surface area contributed by atoms with Crippen molar-refractivity contribution in [2.24, 2.45) is 0 Å². The van der Waals surface area contributed by atoms with E-state index in [-0.39, 0.29) is 0 Å². The molecule has 1 aromatic carbocycles. The predicted molar refractivity (Wildman–Crippen MR) is 69.6 cm³/mol. The van der Waals surface area contributed by atoms with Crippen LogP contribution in [-0.4, -0.2) is 28.6 Å². The van der Waals surface area contributed by atoms with Gasteiger partial charge in [0.15, 0.2) is 5.95 Å². The van der Waals surface area contributed by atoms with Gasteiger partial charge in [-0.2, -0.15) is 0 Å². The summed E-state index contributed by atoms with van der Waals surface area (Å²) >= 11 is 6.32. The van der Waals surface area contributed by atoms with Crippen molar-refractivity contribution >= 4 is 28.3 Å². The molecule has 1 aromatic heterocycles. The van der Waals surface area contributed by atoms with Crippen molar-refractivity contribution in [3.05, 3.63) is 30.3 Å². The maximum Gasteiger partial charge on any atom is 0.304 e. The number of para-hydroxylation sites is 1. The van der Waals surface area contributed by atoms with Crippen molar-refractivity contribution in [1.82, 2.24) is 10.2 Å². The summed E-state index contributed by atoms with van der Waals surface area (Å²) in [6.45, 7) is 0. The number of benzene rings is 1. The third-order valence-electron chi connectivity index (χ3n) is 2.12. The zero-order valence-electron chi connectivity index (χ0n) is 9.86. The molecule has 18 heavy (non-hydrogen) atoms. The molecule has 0 saturated heterocycles. The van der Waals surface area contributed by atoms with Gasteiger partial charge in [0, 0.05) is 38.0 Å². The zero-order valence-corrected chi connectivity index (χ0v) is 11.5. The summed E-state index contributed by atoms with van der Waals surface area (Å²) < 4.78 is 6.71. The number of thiocarbonyl (C=S) groups is 1. The second-order valence-corrected chi connectivity index (χ2v) is 5.30. The standard InChI is InChI=1S/C11H11N3O2S2/c1-13(2)11(17)18-9-10(15)16-12-14(9)8-6-4-3-5-7-8/h3-7H,1-2H3. The van der Waals surface area contributed by atoms with Crippen molar-refractivity contribution in [2.45, 2.75) is 5.03 Å². The lowest BCUT2D eigenvalue weighted by Crippen LogP contribution is -2.35. The van der Waals surface area contributed by atoms with E-state index in [1.165, 1.54) is 4.68 Å². The molecule has 1 heterocycles. The Bertz CT molecular complexity index is 555. The molecule has 0 amide bonds. The minimum absolute atomic E-state index is 0.347. The van der Waals surface area contributed by atoms with Crippen LogP contribution in [0.2, 0.25) is 0 Å². The largest absolute Gasteiger partial charge is 0.538 e. The first-order valence-electron chi connectivity index (χ1n) is 5.13. The van der Waals surface area contributed by atoms with E-state index in [4.69, 9.17) is 12.2 Å². The van der Waals surface area contributed by atoms with Crippen LogP contribution >= 0.6 is 24.0 Å². The van der Waals surface area contributed by atoms with Gasteiger partial charge in [0.1, 0.15) is 4.32 Å². The highest BCUT2D eigenvalue weighted by Gasteiger charge is 2.23. The average molecular weight is 281 g/mol. The number of hydrogen-bond donors (Lipinski definition) is 0. The zero-order chi connectivity index (χ0) is 13.1. The van der Waals surface area contributed by atoms with Crippen LogP contribution < -0.4 is 9.79 Å². The highest BCUT2D eigenvalue weighted by molar-refractivity contribution is 8.22. The third kappa shape index (κ3) is 2.62. The van der Waals surface area contributed by atoms with Crippen molar-refractivity contribution in [3.8, 4) is 11.6 Å². The minimum Gasteiger partial charge on any atom is -0.538 e. The highest BCUT2D eigenvalue weighted by atomic mass is 32.2. The Morgan fingerprint density at radius 2 is 2.06 bits per heavy atom. The number of aromatic nitrogens is 2. The Kier molecular flexibility index (Phi) is 3.83. The first kappa shape index (κ1) is 12.8. The predicted octanol–water partition coefficient (Wildman–Crippen LogP) is 0.963. The van der Waals surface area contributed by atoms with Gasteiger partial charge in [-0.05, 0) is 4.68 Å². The molecular formula is C11H11N3O2S2. The third-order valence-corrected chi connectivity index (χ3v) is 3.81. The molecule has 94 valence electrons. The van der Waals surface area contributed by atoms with Crippen LogP contribution in [0.3, 0.4) is 0 Å². The minimum atomic E-state index is -0.493. The number of rotatable bonds is 2. The van der Waals surface area contributed by atoms with Gasteiger partial charge in [-0.1, -0.05) is 30.4 Å².